The van der Waals surface area contributed by atoms with Crippen LogP contribution in [0.2, 0.25) is 0 Å². The van der Waals surface area contributed by atoms with E-state index >= 15 is 4.39 Å². The van der Waals surface area contributed by atoms with E-state index in [9.17, 15) is 13.2 Å². The molecule has 0 N–H and O–H groups in total. The van der Waals surface area contributed by atoms with Gasteiger partial charge >= 0.3 is 6.18 Å². The van der Waals surface area contributed by atoms with Crippen molar-refractivity contribution in [2.75, 3.05) is 14.1 Å². The molecule has 0 bridgehead atoms. The summed E-state index contributed by atoms with van der Waals surface area (Å²) >= 11 is 0. The summed E-state index contributed by atoms with van der Waals surface area (Å²) in [7, 11) is -1.41. The van der Waals surface area contributed by atoms with E-state index in [-0.39, 0.29) is 58.9 Å². The fourth-order valence-electron chi connectivity index (χ4n) is 4.40. The van der Waals surface area contributed by atoms with Crippen molar-refractivity contribution in [3.63, 3.8) is 0 Å². The minimum Gasteiger partial charge on any atom is -0.490 e. The standard InChI is InChI=1S/C27H24F4N6O3/c1-38-19-10-32-23(21-22(15-4-5-15)33-13-34-26(21)39-2)36-25(19)40-12-14-3-8-17(18(28)9-14)24-35-20(27(29,30)31)11-37(24)16-6-7-16/h3,8-11,13,15-16H,4-7,12H2,1-2H3/i2D3. The lowest BCUT2D eigenvalue weighted by Gasteiger charge is -2.14. The number of halogens is 4. The van der Waals surface area contributed by atoms with E-state index < -0.39 is 24.7 Å². The molecule has 1 aromatic carbocycles. The molecule has 0 radical (unpaired) electrons. The van der Waals surface area contributed by atoms with E-state index in [2.05, 4.69) is 24.9 Å². The Labute approximate surface area is 230 Å². The summed E-state index contributed by atoms with van der Waals surface area (Å²) in [4.78, 5) is 20.7. The molecule has 2 aliphatic rings. The van der Waals surface area contributed by atoms with Crippen LogP contribution < -0.4 is 14.2 Å². The molecule has 0 unspecified atom stereocenters. The molecule has 2 fully saturated rings. The molecule has 3 aromatic heterocycles. The largest absolute Gasteiger partial charge is 0.490 e. The zero-order valence-corrected chi connectivity index (χ0v) is 21.1. The third-order valence-electron chi connectivity index (χ3n) is 6.68. The summed E-state index contributed by atoms with van der Waals surface area (Å²) < 4.78 is 95.4. The third kappa shape index (κ3) is 5.03. The molecular weight excluding hydrogens is 532 g/mol. The van der Waals surface area contributed by atoms with E-state index in [1.165, 1.54) is 36.3 Å². The normalized spacial score (nSPS) is 16.7. The van der Waals surface area contributed by atoms with Crippen LogP contribution in [0.5, 0.6) is 17.5 Å². The smallest absolute Gasteiger partial charge is 0.434 e. The van der Waals surface area contributed by atoms with Crippen molar-refractivity contribution in [2.24, 2.45) is 0 Å². The molecule has 13 heteroatoms. The van der Waals surface area contributed by atoms with E-state index in [4.69, 9.17) is 18.3 Å². The van der Waals surface area contributed by atoms with Crippen LogP contribution in [0.15, 0.2) is 36.9 Å². The fraction of sp³-hybridized carbons (Fsp3) is 0.370. The second-order valence-corrected chi connectivity index (χ2v) is 9.57. The lowest BCUT2D eigenvalue weighted by Crippen LogP contribution is -2.06. The van der Waals surface area contributed by atoms with Crippen LogP contribution in [0.1, 0.15) is 58.7 Å². The van der Waals surface area contributed by atoms with Crippen LogP contribution in [0.3, 0.4) is 0 Å². The minimum absolute atomic E-state index is 0.0264. The first-order valence-electron chi connectivity index (χ1n) is 13.9. The molecule has 208 valence electrons. The van der Waals surface area contributed by atoms with Crippen molar-refractivity contribution < 1.29 is 35.9 Å². The Morgan fingerprint density at radius 2 is 1.88 bits per heavy atom. The van der Waals surface area contributed by atoms with Gasteiger partial charge in [-0.05, 0) is 43.4 Å². The first-order valence-corrected chi connectivity index (χ1v) is 12.4. The number of hydrogen-bond acceptors (Lipinski definition) is 8. The fourth-order valence-corrected chi connectivity index (χ4v) is 4.40. The van der Waals surface area contributed by atoms with E-state index in [1.54, 1.807) is 0 Å². The number of alkyl halides is 3. The van der Waals surface area contributed by atoms with Gasteiger partial charge in [-0.15, -0.1) is 0 Å². The highest BCUT2D eigenvalue weighted by atomic mass is 19.4. The molecule has 2 saturated carbocycles. The van der Waals surface area contributed by atoms with Crippen molar-refractivity contribution in [3.05, 3.63) is 59.7 Å². The van der Waals surface area contributed by atoms with Crippen LogP contribution in [0, 0.1) is 5.82 Å². The van der Waals surface area contributed by atoms with Crippen molar-refractivity contribution in [1.29, 1.82) is 0 Å². The van der Waals surface area contributed by atoms with E-state index in [1.807, 2.05) is 0 Å². The average Bonchev–Trinajstić information content (AvgIpc) is 3.88. The van der Waals surface area contributed by atoms with Crippen LogP contribution in [-0.2, 0) is 12.8 Å². The Kier molecular flexibility index (Phi) is 5.65. The quantitative estimate of drug-likeness (QED) is 0.239. The zero-order chi connectivity index (χ0) is 30.5. The molecular formula is C27H24F4N6O3. The molecule has 0 aliphatic heterocycles. The molecule has 2 aliphatic carbocycles. The Bertz CT molecular complexity index is 1670. The molecule has 4 aromatic rings. The van der Waals surface area contributed by atoms with Gasteiger partial charge < -0.3 is 18.8 Å². The van der Waals surface area contributed by atoms with Crippen LogP contribution in [0.25, 0.3) is 22.8 Å². The van der Waals surface area contributed by atoms with Gasteiger partial charge in [-0.25, -0.2) is 24.3 Å². The predicted molar refractivity (Wildman–Crippen MR) is 133 cm³/mol. The highest BCUT2D eigenvalue weighted by molar-refractivity contribution is 5.66. The monoisotopic (exact) mass is 559 g/mol. The van der Waals surface area contributed by atoms with Crippen molar-refractivity contribution in [3.8, 4) is 40.3 Å². The highest BCUT2D eigenvalue weighted by Crippen LogP contribution is 2.45. The Morgan fingerprint density at radius 3 is 2.55 bits per heavy atom. The summed E-state index contributed by atoms with van der Waals surface area (Å²) in [6.45, 7) is -0.186. The number of benzene rings is 1. The van der Waals surface area contributed by atoms with E-state index in [0.29, 0.717) is 24.1 Å². The Hall–Kier alpha value is -4.29. The number of hydrogen-bond donors (Lipinski definition) is 0. The van der Waals surface area contributed by atoms with Crippen molar-refractivity contribution in [2.45, 2.75) is 50.4 Å². The second kappa shape index (κ2) is 10.0. The lowest BCUT2D eigenvalue weighted by molar-refractivity contribution is -0.140. The maximum absolute atomic E-state index is 15.3. The SMILES string of the molecule is [2H]C([2H])([2H])Oc1ncnc(C2CC2)c1-c1ncc(OC)c(OCc2ccc(-c3nc(C(F)(F)F)cn3C3CC3)c(F)c2)n1. The van der Waals surface area contributed by atoms with Crippen molar-refractivity contribution >= 4 is 0 Å². The van der Waals surface area contributed by atoms with Gasteiger partial charge in [-0.2, -0.15) is 18.2 Å². The van der Waals surface area contributed by atoms with Gasteiger partial charge in [-0.3, -0.25) is 0 Å². The predicted octanol–water partition coefficient (Wildman–Crippen LogP) is 5.76. The van der Waals surface area contributed by atoms with Gasteiger partial charge in [0.2, 0.25) is 5.88 Å². The van der Waals surface area contributed by atoms with Gasteiger partial charge in [0, 0.05) is 18.2 Å². The first kappa shape index (κ1) is 22.5. The Balaban J connectivity index is 1.28. The van der Waals surface area contributed by atoms with Gasteiger partial charge in [0.15, 0.2) is 17.3 Å². The summed E-state index contributed by atoms with van der Waals surface area (Å²) in [5.74, 6) is -0.823. The maximum atomic E-state index is 15.3. The number of ether oxygens (including phenoxy) is 3. The number of rotatable bonds is 9. The molecule has 0 saturated heterocycles. The summed E-state index contributed by atoms with van der Waals surface area (Å²) in [5, 5.41) is 0. The summed E-state index contributed by atoms with van der Waals surface area (Å²) in [6, 6.07) is 3.88. The van der Waals surface area contributed by atoms with Gasteiger partial charge in [0.25, 0.3) is 5.88 Å². The summed E-state index contributed by atoms with van der Waals surface area (Å²) in [5.41, 5.74) is -0.0210. The zero-order valence-electron chi connectivity index (χ0n) is 24.1. The van der Waals surface area contributed by atoms with Gasteiger partial charge in [0.05, 0.1) is 35.7 Å². The van der Waals surface area contributed by atoms with Crippen LogP contribution in [-0.4, -0.2) is 43.6 Å². The number of nitrogens with zero attached hydrogens (tertiary/aromatic N) is 6. The molecule has 0 atom stereocenters. The third-order valence-corrected chi connectivity index (χ3v) is 6.68. The topological polar surface area (TPSA) is 97.1 Å². The number of methoxy groups -OCH3 is 2. The molecule has 6 rings (SSSR count). The first-order chi connectivity index (χ1) is 20.4. The lowest BCUT2D eigenvalue weighted by atomic mass is 10.1. The summed E-state index contributed by atoms with van der Waals surface area (Å²) in [6.07, 6.45) is 1.89. The number of imidazole rings is 1. The number of aromatic nitrogens is 6. The van der Waals surface area contributed by atoms with Gasteiger partial charge in [0.1, 0.15) is 30.1 Å². The molecule has 40 heavy (non-hydrogen) atoms. The minimum atomic E-state index is -4.65. The molecule has 9 nitrogen and oxygen atoms in total. The highest BCUT2D eigenvalue weighted by Gasteiger charge is 2.38. The van der Waals surface area contributed by atoms with Crippen LogP contribution >= 0.6 is 0 Å². The second-order valence-electron chi connectivity index (χ2n) is 9.57. The van der Waals surface area contributed by atoms with Crippen LogP contribution in [0.4, 0.5) is 17.6 Å². The Morgan fingerprint density at radius 1 is 1.05 bits per heavy atom. The van der Waals surface area contributed by atoms with Crippen molar-refractivity contribution in [1.82, 2.24) is 29.5 Å². The average molecular weight is 560 g/mol. The molecule has 0 spiro atoms. The van der Waals surface area contributed by atoms with Gasteiger partial charge in [-0.1, -0.05) is 6.07 Å². The van der Waals surface area contributed by atoms with E-state index in [0.717, 1.165) is 25.1 Å². The molecule has 3 heterocycles. The molecule has 0 amide bonds. The maximum Gasteiger partial charge on any atom is 0.434 e.